The van der Waals surface area contributed by atoms with E-state index in [1.165, 1.54) is 11.1 Å². The molecule has 5 rings (SSSR count). The van der Waals surface area contributed by atoms with Gasteiger partial charge in [0, 0.05) is 6.92 Å². The molecule has 3 heteroatoms. The largest absolute Gasteiger partial charge is 0.361 e. The lowest BCUT2D eigenvalue weighted by molar-refractivity contribution is -0.147. The predicted octanol–water partition coefficient (Wildman–Crippen LogP) is 3.90. The number of hydrogen-bond acceptors (Lipinski definition) is 2. The van der Waals surface area contributed by atoms with E-state index >= 15 is 0 Å². The minimum absolute atomic E-state index is 0.0953. The summed E-state index contributed by atoms with van der Waals surface area (Å²) in [5.41, 5.74) is 1.63. The van der Waals surface area contributed by atoms with Crippen molar-refractivity contribution in [3.8, 4) is 0 Å². The minimum Gasteiger partial charge on any atom is -0.361 e. The number of carbonyl (C=O) groups excluding carboxylic acids is 1. The molecule has 2 aromatic rings. The van der Waals surface area contributed by atoms with Gasteiger partial charge < -0.3 is 9.64 Å². The van der Waals surface area contributed by atoms with Gasteiger partial charge in [0.15, 0.2) is 0 Å². The highest BCUT2D eigenvalue weighted by atomic mass is 16.5. The van der Waals surface area contributed by atoms with Crippen molar-refractivity contribution in [1.82, 2.24) is 4.90 Å². The maximum Gasteiger partial charge on any atom is 0.220 e. The summed E-state index contributed by atoms with van der Waals surface area (Å²) in [6.07, 6.45) is 6.52. The zero-order chi connectivity index (χ0) is 17.8. The van der Waals surface area contributed by atoms with Crippen molar-refractivity contribution in [3.05, 3.63) is 83.9 Å². The van der Waals surface area contributed by atoms with Gasteiger partial charge in [-0.05, 0) is 29.9 Å². The van der Waals surface area contributed by atoms with Gasteiger partial charge in [-0.3, -0.25) is 4.79 Å². The van der Waals surface area contributed by atoms with E-state index < -0.39 is 5.54 Å². The van der Waals surface area contributed by atoms with Crippen LogP contribution in [0.1, 0.15) is 30.9 Å². The van der Waals surface area contributed by atoms with Gasteiger partial charge in [0.2, 0.25) is 5.91 Å². The summed E-state index contributed by atoms with van der Waals surface area (Å²) in [5, 5.41) is 0. The standard InChI is InChI=1S/C23H23NO2/c1-17(25)24-16-22-13-12-21(26-22)14-20(22)15-23(24,18-8-4-2-5-9-18)19-10-6-3-7-11-19/h2-13,20-21H,14-16H2,1H3. The minimum atomic E-state index is -0.439. The molecule has 2 bridgehead atoms. The van der Waals surface area contributed by atoms with Gasteiger partial charge in [0.1, 0.15) is 5.60 Å². The second kappa shape index (κ2) is 5.55. The van der Waals surface area contributed by atoms with E-state index in [2.05, 4.69) is 60.7 Å². The number of ether oxygens (including phenoxy) is 1. The van der Waals surface area contributed by atoms with E-state index in [4.69, 9.17) is 4.74 Å². The first-order valence-corrected chi connectivity index (χ1v) is 9.40. The number of carbonyl (C=O) groups is 1. The molecule has 2 aromatic carbocycles. The average Bonchev–Trinajstić information content (AvgIpc) is 3.25. The van der Waals surface area contributed by atoms with Crippen LogP contribution >= 0.6 is 0 Å². The fourth-order valence-electron chi connectivity index (χ4n) is 5.32. The Morgan fingerprint density at radius 2 is 1.65 bits per heavy atom. The lowest BCUT2D eigenvalue weighted by atomic mass is 9.65. The predicted molar refractivity (Wildman–Crippen MR) is 101 cm³/mol. The van der Waals surface area contributed by atoms with Crippen molar-refractivity contribution >= 4 is 5.91 Å². The van der Waals surface area contributed by atoms with E-state index in [0.29, 0.717) is 12.5 Å². The van der Waals surface area contributed by atoms with Crippen LogP contribution < -0.4 is 0 Å². The third-order valence-corrected chi connectivity index (χ3v) is 6.46. The van der Waals surface area contributed by atoms with Gasteiger partial charge in [-0.15, -0.1) is 0 Å². The molecule has 0 radical (unpaired) electrons. The fraction of sp³-hybridized carbons (Fsp3) is 0.348. The Bertz CT molecular complexity index is 821. The van der Waals surface area contributed by atoms with Crippen LogP contribution in [0.25, 0.3) is 0 Å². The van der Waals surface area contributed by atoms with Crippen LogP contribution in [0.4, 0.5) is 0 Å². The van der Waals surface area contributed by atoms with Gasteiger partial charge in [0.25, 0.3) is 0 Å². The summed E-state index contributed by atoms with van der Waals surface area (Å²) in [6, 6.07) is 21.0. The highest BCUT2D eigenvalue weighted by Gasteiger charge is 2.60. The molecule has 0 aliphatic carbocycles. The number of rotatable bonds is 2. The third-order valence-electron chi connectivity index (χ3n) is 6.46. The zero-order valence-electron chi connectivity index (χ0n) is 15.0. The first-order chi connectivity index (χ1) is 12.6. The third kappa shape index (κ3) is 2.07. The van der Waals surface area contributed by atoms with Crippen LogP contribution in [-0.4, -0.2) is 29.1 Å². The maximum atomic E-state index is 12.9. The number of amides is 1. The highest BCUT2D eigenvalue weighted by molar-refractivity contribution is 5.76. The van der Waals surface area contributed by atoms with Crippen molar-refractivity contribution in [2.24, 2.45) is 5.92 Å². The molecule has 3 aliphatic heterocycles. The van der Waals surface area contributed by atoms with E-state index in [-0.39, 0.29) is 17.6 Å². The van der Waals surface area contributed by atoms with Crippen LogP contribution in [0.15, 0.2) is 72.8 Å². The molecular weight excluding hydrogens is 322 g/mol. The average molecular weight is 345 g/mol. The monoisotopic (exact) mass is 345 g/mol. The van der Waals surface area contributed by atoms with Gasteiger partial charge in [0.05, 0.1) is 18.2 Å². The van der Waals surface area contributed by atoms with Gasteiger partial charge in [-0.2, -0.15) is 0 Å². The van der Waals surface area contributed by atoms with E-state index in [1.54, 1.807) is 6.92 Å². The van der Waals surface area contributed by atoms with Crippen molar-refractivity contribution in [3.63, 3.8) is 0 Å². The number of fused-ring (bicyclic) bond motifs is 1. The topological polar surface area (TPSA) is 29.5 Å². The second-order valence-electron chi connectivity index (χ2n) is 7.80. The number of benzene rings is 2. The number of nitrogens with zero attached hydrogens (tertiary/aromatic N) is 1. The van der Waals surface area contributed by atoms with Crippen molar-refractivity contribution in [2.75, 3.05) is 6.54 Å². The van der Waals surface area contributed by atoms with Crippen LogP contribution in [0.3, 0.4) is 0 Å². The van der Waals surface area contributed by atoms with Crippen LogP contribution in [0.5, 0.6) is 0 Å². The fourth-order valence-corrected chi connectivity index (χ4v) is 5.32. The summed E-state index contributed by atoms with van der Waals surface area (Å²) in [4.78, 5) is 14.9. The molecular formula is C23H23NO2. The molecule has 3 unspecified atom stereocenters. The Hall–Kier alpha value is -2.39. The molecule has 1 amide bonds. The summed E-state index contributed by atoms with van der Waals surface area (Å²) in [6.45, 7) is 2.30. The molecule has 3 heterocycles. The molecule has 2 saturated heterocycles. The van der Waals surface area contributed by atoms with Gasteiger partial charge >= 0.3 is 0 Å². The van der Waals surface area contributed by atoms with Crippen molar-refractivity contribution in [2.45, 2.75) is 37.0 Å². The molecule has 0 saturated carbocycles. The summed E-state index contributed by atoms with van der Waals surface area (Å²) >= 11 is 0. The first kappa shape index (κ1) is 15.8. The Balaban J connectivity index is 1.72. The number of piperidine rings is 1. The number of likely N-dealkylation sites (tertiary alicyclic amines) is 1. The first-order valence-electron chi connectivity index (χ1n) is 9.40. The van der Waals surface area contributed by atoms with E-state index in [0.717, 1.165) is 12.8 Å². The Morgan fingerprint density at radius 1 is 1.04 bits per heavy atom. The molecule has 132 valence electrons. The molecule has 0 aromatic heterocycles. The normalized spacial score (nSPS) is 31.0. The van der Waals surface area contributed by atoms with Crippen molar-refractivity contribution < 1.29 is 9.53 Å². The van der Waals surface area contributed by atoms with Crippen LogP contribution in [-0.2, 0) is 15.1 Å². The van der Waals surface area contributed by atoms with E-state index in [9.17, 15) is 4.79 Å². The summed E-state index contributed by atoms with van der Waals surface area (Å²) < 4.78 is 6.30. The second-order valence-corrected chi connectivity index (χ2v) is 7.80. The molecule has 1 spiro atoms. The molecule has 0 N–H and O–H groups in total. The van der Waals surface area contributed by atoms with Gasteiger partial charge in [-0.25, -0.2) is 0 Å². The maximum absolute atomic E-state index is 12.9. The lowest BCUT2D eigenvalue weighted by Gasteiger charge is -2.54. The Labute approximate surface area is 154 Å². The molecule has 26 heavy (non-hydrogen) atoms. The van der Waals surface area contributed by atoms with Crippen molar-refractivity contribution in [1.29, 1.82) is 0 Å². The van der Waals surface area contributed by atoms with Crippen LogP contribution in [0, 0.1) is 5.92 Å². The molecule has 3 nitrogen and oxygen atoms in total. The summed E-state index contributed by atoms with van der Waals surface area (Å²) in [7, 11) is 0. The Morgan fingerprint density at radius 3 is 2.19 bits per heavy atom. The molecule has 3 aliphatic rings. The van der Waals surface area contributed by atoms with E-state index in [1.807, 2.05) is 17.0 Å². The molecule has 3 atom stereocenters. The number of hydrogen-bond donors (Lipinski definition) is 0. The summed E-state index contributed by atoms with van der Waals surface area (Å²) in [5.74, 6) is 0.520. The quantitative estimate of drug-likeness (QED) is 0.773. The van der Waals surface area contributed by atoms with Gasteiger partial charge in [-0.1, -0.05) is 72.8 Å². The Kier molecular flexibility index (Phi) is 3.38. The smallest absolute Gasteiger partial charge is 0.220 e. The zero-order valence-corrected chi connectivity index (χ0v) is 15.0. The SMILES string of the molecule is CC(=O)N1CC23C=CC(CC2CC1(c1ccccc1)c1ccccc1)O3. The van der Waals surface area contributed by atoms with Crippen LogP contribution in [0.2, 0.25) is 0 Å². The highest BCUT2D eigenvalue weighted by Crippen LogP contribution is 2.56. The lowest BCUT2D eigenvalue weighted by Crippen LogP contribution is -2.62. The molecule has 2 fully saturated rings.